The molecule has 0 radical (unpaired) electrons. The Morgan fingerprint density at radius 3 is 2.79 bits per heavy atom. The fourth-order valence-electron chi connectivity index (χ4n) is 1.09. The quantitative estimate of drug-likeness (QED) is 0.707. The van der Waals surface area contributed by atoms with Crippen LogP contribution in [-0.2, 0) is 0 Å². The first kappa shape index (κ1) is 11.1. The fraction of sp³-hybridized carbons (Fsp3) is 0.364. The second-order valence-corrected chi connectivity index (χ2v) is 4.28. The number of hydrogen-bond acceptors (Lipinski definition) is 2. The van der Waals surface area contributed by atoms with Gasteiger partial charge in [0.25, 0.3) is 0 Å². The van der Waals surface area contributed by atoms with E-state index in [1.54, 1.807) is 12.1 Å². The normalized spacial score (nSPS) is 12.1. The summed E-state index contributed by atoms with van der Waals surface area (Å²) in [5, 5.41) is 8.75. The first-order valence-corrected chi connectivity index (χ1v) is 5.44. The maximum Gasteiger partial charge on any atom is 0.136 e. The monoisotopic (exact) mass is 209 g/mol. The average Bonchev–Trinajstić information content (AvgIpc) is 2.20. The van der Waals surface area contributed by atoms with Gasteiger partial charge in [0.2, 0.25) is 0 Å². The summed E-state index contributed by atoms with van der Waals surface area (Å²) in [6.07, 6.45) is 1.35. The van der Waals surface area contributed by atoms with Gasteiger partial charge < -0.3 is 0 Å². The molecule has 0 saturated carbocycles. The van der Waals surface area contributed by atoms with Gasteiger partial charge in [0.15, 0.2) is 0 Å². The van der Waals surface area contributed by atoms with Crippen molar-refractivity contribution in [2.24, 2.45) is 0 Å². The van der Waals surface area contributed by atoms with Crippen molar-refractivity contribution in [3.05, 3.63) is 30.1 Å². The van der Waals surface area contributed by atoms with Crippen molar-refractivity contribution >= 4 is 11.8 Å². The lowest BCUT2D eigenvalue weighted by Crippen LogP contribution is -1.99. The van der Waals surface area contributed by atoms with Crippen LogP contribution in [0.15, 0.2) is 29.2 Å². The van der Waals surface area contributed by atoms with Crippen LogP contribution in [0.5, 0.6) is 0 Å². The van der Waals surface area contributed by atoms with Crippen molar-refractivity contribution < 1.29 is 4.39 Å². The SMILES string of the molecule is CCC(CC#N)Sc1ccccc1F. The second kappa shape index (κ2) is 5.66. The molecule has 1 nitrogen and oxygen atoms in total. The standard InChI is InChI=1S/C11H12FNS/c1-2-9(7-8-13)14-11-6-4-3-5-10(11)12/h3-6,9H,2,7H2,1H3. The lowest BCUT2D eigenvalue weighted by Gasteiger charge is -2.10. The molecule has 0 amide bonds. The molecule has 0 heterocycles. The maximum atomic E-state index is 13.2. The first-order valence-electron chi connectivity index (χ1n) is 4.56. The minimum absolute atomic E-state index is 0.192. The fourth-order valence-corrected chi connectivity index (χ4v) is 2.11. The van der Waals surface area contributed by atoms with Gasteiger partial charge in [-0.25, -0.2) is 4.39 Å². The summed E-state index contributed by atoms with van der Waals surface area (Å²) < 4.78 is 13.2. The molecule has 1 rings (SSSR count). The van der Waals surface area contributed by atoms with E-state index in [4.69, 9.17) is 5.26 Å². The minimum atomic E-state index is -0.200. The summed E-state index contributed by atoms with van der Waals surface area (Å²) in [6.45, 7) is 2.01. The molecule has 3 heteroatoms. The van der Waals surface area contributed by atoms with Gasteiger partial charge in [-0.3, -0.25) is 0 Å². The van der Waals surface area contributed by atoms with Crippen molar-refractivity contribution in [1.82, 2.24) is 0 Å². The largest absolute Gasteiger partial charge is 0.206 e. The van der Waals surface area contributed by atoms with E-state index in [9.17, 15) is 4.39 Å². The molecule has 0 aromatic heterocycles. The zero-order valence-electron chi connectivity index (χ0n) is 8.03. The Hall–Kier alpha value is -1.01. The predicted octanol–water partition coefficient (Wildman–Crippen LogP) is 3.61. The molecule has 0 N–H and O–H groups in total. The Labute approximate surface area is 87.9 Å². The summed E-state index contributed by atoms with van der Waals surface area (Å²) in [6, 6.07) is 8.79. The number of thioether (sulfide) groups is 1. The van der Waals surface area contributed by atoms with Crippen molar-refractivity contribution in [1.29, 1.82) is 5.26 Å². The van der Waals surface area contributed by atoms with Crippen LogP contribution in [0.3, 0.4) is 0 Å². The Kier molecular flexibility index (Phi) is 4.48. The second-order valence-electron chi connectivity index (χ2n) is 2.94. The third-order valence-electron chi connectivity index (χ3n) is 1.90. The van der Waals surface area contributed by atoms with Crippen molar-refractivity contribution in [3.63, 3.8) is 0 Å². The molecule has 0 aliphatic carbocycles. The van der Waals surface area contributed by atoms with E-state index in [-0.39, 0.29) is 11.1 Å². The topological polar surface area (TPSA) is 23.8 Å². The summed E-state index contributed by atoms with van der Waals surface area (Å²) >= 11 is 1.44. The van der Waals surface area contributed by atoms with E-state index < -0.39 is 0 Å². The van der Waals surface area contributed by atoms with Gasteiger partial charge in [-0.05, 0) is 18.6 Å². The molecule has 1 atom stereocenters. The van der Waals surface area contributed by atoms with Crippen LogP contribution in [-0.4, -0.2) is 5.25 Å². The highest BCUT2D eigenvalue weighted by Gasteiger charge is 2.10. The first-order chi connectivity index (χ1) is 6.77. The van der Waals surface area contributed by atoms with Gasteiger partial charge in [0.1, 0.15) is 5.82 Å². The van der Waals surface area contributed by atoms with Crippen LogP contribution in [0.25, 0.3) is 0 Å². The summed E-state index contributed by atoms with van der Waals surface area (Å²) in [7, 11) is 0. The van der Waals surface area contributed by atoms with Gasteiger partial charge in [0, 0.05) is 16.6 Å². The molecule has 0 spiro atoms. The molecule has 1 aromatic rings. The third kappa shape index (κ3) is 3.04. The minimum Gasteiger partial charge on any atom is -0.206 e. The van der Waals surface area contributed by atoms with Gasteiger partial charge in [-0.1, -0.05) is 19.1 Å². The molecule has 0 fully saturated rings. The van der Waals surface area contributed by atoms with Gasteiger partial charge in [-0.2, -0.15) is 5.26 Å². The van der Waals surface area contributed by atoms with Crippen LogP contribution in [0, 0.1) is 17.1 Å². The van der Waals surface area contributed by atoms with Crippen molar-refractivity contribution in [2.45, 2.75) is 29.9 Å². The molecule has 74 valence electrons. The van der Waals surface area contributed by atoms with E-state index in [0.717, 1.165) is 6.42 Å². The Morgan fingerprint density at radius 1 is 1.50 bits per heavy atom. The Morgan fingerprint density at radius 2 is 2.21 bits per heavy atom. The zero-order chi connectivity index (χ0) is 10.4. The van der Waals surface area contributed by atoms with Gasteiger partial charge >= 0.3 is 0 Å². The predicted molar refractivity (Wildman–Crippen MR) is 56.6 cm³/mol. The van der Waals surface area contributed by atoms with E-state index in [1.165, 1.54) is 17.8 Å². The number of benzene rings is 1. The molecule has 0 aliphatic heterocycles. The van der Waals surface area contributed by atoms with Crippen LogP contribution in [0.2, 0.25) is 0 Å². The summed E-state index contributed by atoms with van der Waals surface area (Å²) in [4.78, 5) is 0.634. The number of hydrogen-bond donors (Lipinski definition) is 0. The zero-order valence-corrected chi connectivity index (χ0v) is 8.85. The summed E-state index contributed by atoms with van der Waals surface area (Å²) in [5.41, 5.74) is 0. The highest BCUT2D eigenvalue weighted by Crippen LogP contribution is 2.29. The lowest BCUT2D eigenvalue weighted by molar-refractivity contribution is 0.601. The Bertz CT molecular complexity index is 332. The maximum absolute atomic E-state index is 13.2. The van der Waals surface area contributed by atoms with E-state index >= 15 is 0 Å². The molecule has 0 aliphatic rings. The number of rotatable bonds is 4. The van der Waals surface area contributed by atoms with Crippen molar-refractivity contribution in [2.75, 3.05) is 0 Å². The van der Waals surface area contributed by atoms with E-state index in [1.807, 2.05) is 13.0 Å². The number of halogens is 1. The molecular weight excluding hydrogens is 197 g/mol. The van der Waals surface area contributed by atoms with Gasteiger partial charge in [-0.15, -0.1) is 11.8 Å². The van der Waals surface area contributed by atoms with Gasteiger partial charge in [0.05, 0.1) is 6.07 Å². The molecule has 1 aromatic carbocycles. The number of nitriles is 1. The molecule has 0 bridgehead atoms. The molecule has 1 unspecified atom stereocenters. The van der Waals surface area contributed by atoms with Crippen LogP contribution in [0.1, 0.15) is 19.8 Å². The third-order valence-corrected chi connectivity index (χ3v) is 3.32. The van der Waals surface area contributed by atoms with E-state index in [2.05, 4.69) is 6.07 Å². The molecule has 0 saturated heterocycles. The molecular formula is C11H12FNS. The highest BCUT2D eigenvalue weighted by molar-refractivity contribution is 8.00. The Balaban J connectivity index is 2.68. The molecule has 14 heavy (non-hydrogen) atoms. The van der Waals surface area contributed by atoms with E-state index in [0.29, 0.717) is 11.3 Å². The van der Waals surface area contributed by atoms with Crippen LogP contribution >= 0.6 is 11.8 Å². The van der Waals surface area contributed by atoms with Crippen LogP contribution in [0.4, 0.5) is 4.39 Å². The number of nitrogens with zero attached hydrogens (tertiary/aromatic N) is 1. The lowest BCUT2D eigenvalue weighted by atomic mass is 10.3. The van der Waals surface area contributed by atoms with Crippen molar-refractivity contribution in [3.8, 4) is 6.07 Å². The smallest absolute Gasteiger partial charge is 0.136 e. The van der Waals surface area contributed by atoms with Crippen LogP contribution < -0.4 is 0 Å². The summed E-state index contributed by atoms with van der Waals surface area (Å²) in [5.74, 6) is -0.200. The highest BCUT2D eigenvalue weighted by atomic mass is 32.2. The average molecular weight is 209 g/mol.